The summed E-state index contributed by atoms with van der Waals surface area (Å²) in [5.74, 6) is -0.371. The summed E-state index contributed by atoms with van der Waals surface area (Å²) in [5.41, 5.74) is 0.0171. The highest BCUT2D eigenvalue weighted by molar-refractivity contribution is 6.06. The minimum atomic E-state index is -1.18. The molecule has 1 aliphatic heterocycles. The number of anilines is 1. The van der Waals surface area contributed by atoms with Gasteiger partial charge in [0, 0.05) is 6.54 Å². The Morgan fingerprint density at radius 3 is 2.47 bits per heavy atom. The largest absolute Gasteiger partial charge is 0.493 e. The van der Waals surface area contributed by atoms with Gasteiger partial charge in [-0.3, -0.25) is 14.5 Å². The van der Waals surface area contributed by atoms with Crippen LogP contribution in [-0.2, 0) is 16.0 Å². The van der Waals surface area contributed by atoms with Crippen LogP contribution in [0.3, 0.4) is 0 Å². The lowest BCUT2D eigenvalue weighted by molar-refractivity contribution is -0.134. The number of methoxy groups -OCH3 is 2. The fourth-order valence-electron chi connectivity index (χ4n) is 3.44. The predicted octanol–water partition coefficient (Wildman–Crippen LogP) is 2.26. The van der Waals surface area contributed by atoms with Gasteiger partial charge in [-0.15, -0.1) is 0 Å². The van der Waals surface area contributed by atoms with Crippen LogP contribution < -0.4 is 24.4 Å². The second kappa shape index (κ2) is 9.17. The van der Waals surface area contributed by atoms with Crippen molar-refractivity contribution in [3.8, 4) is 17.2 Å². The van der Waals surface area contributed by atoms with Crippen LogP contribution in [0.2, 0.25) is 0 Å². The summed E-state index contributed by atoms with van der Waals surface area (Å²) in [6.45, 7) is 3.29. The van der Waals surface area contributed by atoms with Crippen LogP contribution >= 0.6 is 0 Å². The van der Waals surface area contributed by atoms with Gasteiger partial charge in [0.1, 0.15) is 12.3 Å². The number of nitrogens with zero attached hydrogens (tertiary/aromatic N) is 1. The molecule has 2 amide bonds. The molecule has 2 N–H and O–H groups in total. The van der Waals surface area contributed by atoms with Gasteiger partial charge in [-0.05, 0) is 56.2 Å². The molecule has 3 rings (SSSR count). The summed E-state index contributed by atoms with van der Waals surface area (Å²) in [5, 5.41) is 12.1. The van der Waals surface area contributed by atoms with Crippen LogP contribution in [-0.4, -0.2) is 55.8 Å². The van der Waals surface area contributed by atoms with E-state index < -0.39 is 17.5 Å². The van der Waals surface area contributed by atoms with Crippen LogP contribution in [0.15, 0.2) is 36.4 Å². The lowest BCUT2D eigenvalue weighted by Gasteiger charge is -2.38. The number of carbonyl (C=O) groups excluding carboxylic acids is 2. The Labute approximate surface area is 185 Å². The molecule has 9 heteroatoms. The van der Waals surface area contributed by atoms with Gasteiger partial charge >= 0.3 is 5.97 Å². The van der Waals surface area contributed by atoms with E-state index in [0.29, 0.717) is 30.2 Å². The maximum Gasteiger partial charge on any atom is 0.335 e. The number of carbonyl (C=O) groups is 3. The van der Waals surface area contributed by atoms with Crippen molar-refractivity contribution in [2.75, 3.05) is 32.2 Å². The van der Waals surface area contributed by atoms with Gasteiger partial charge in [-0.25, -0.2) is 4.79 Å². The van der Waals surface area contributed by atoms with E-state index in [2.05, 4.69) is 5.32 Å². The van der Waals surface area contributed by atoms with E-state index in [0.717, 1.165) is 5.56 Å². The summed E-state index contributed by atoms with van der Waals surface area (Å²) in [6.07, 6.45) is 0.550. The molecule has 9 nitrogen and oxygen atoms in total. The van der Waals surface area contributed by atoms with Crippen molar-refractivity contribution in [3.63, 3.8) is 0 Å². The average Bonchev–Trinajstić information content (AvgIpc) is 2.76. The van der Waals surface area contributed by atoms with Crippen LogP contribution in [0.4, 0.5) is 5.69 Å². The van der Waals surface area contributed by atoms with Crippen molar-refractivity contribution < 1.29 is 33.7 Å². The van der Waals surface area contributed by atoms with Crippen molar-refractivity contribution in [1.82, 2.24) is 5.32 Å². The van der Waals surface area contributed by atoms with Gasteiger partial charge in [0.25, 0.3) is 5.91 Å². The maximum absolute atomic E-state index is 12.9. The zero-order valence-electron chi connectivity index (χ0n) is 18.4. The van der Waals surface area contributed by atoms with Crippen LogP contribution in [0.25, 0.3) is 0 Å². The van der Waals surface area contributed by atoms with E-state index in [1.807, 2.05) is 12.1 Å². The zero-order chi connectivity index (χ0) is 23.5. The van der Waals surface area contributed by atoms with Crippen LogP contribution in [0.1, 0.15) is 29.8 Å². The Morgan fingerprint density at radius 2 is 1.81 bits per heavy atom. The fourth-order valence-corrected chi connectivity index (χ4v) is 3.44. The number of aromatic carboxylic acids is 1. The summed E-state index contributed by atoms with van der Waals surface area (Å²) in [6, 6.07) is 9.74. The number of hydrogen-bond acceptors (Lipinski definition) is 6. The molecule has 0 fully saturated rings. The lowest BCUT2D eigenvalue weighted by atomic mass is 10.0. The molecule has 0 aromatic heterocycles. The Morgan fingerprint density at radius 1 is 1.09 bits per heavy atom. The molecule has 2 aromatic carbocycles. The second-order valence-electron chi connectivity index (χ2n) is 7.78. The number of rotatable bonds is 8. The third-order valence-corrected chi connectivity index (χ3v) is 5.11. The summed E-state index contributed by atoms with van der Waals surface area (Å²) in [4.78, 5) is 38.1. The minimum absolute atomic E-state index is 0.00119. The Hall–Kier alpha value is -3.75. The molecule has 32 heavy (non-hydrogen) atoms. The number of carboxylic acid groups (broad SMARTS) is 1. The van der Waals surface area contributed by atoms with E-state index in [-0.39, 0.29) is 23.7 Å². The third kappa shape index (κ3) is 4.77. The monoisotopic (exact) mass is 442 g/mol. The van der Waals surface area contributed by atoms with E-state index in [1.54, 1.807) is 34.1 Å². The lowest BCUT2D eigenvalue weighted by Crippen LogP contribution is -2.55. The van der Waals surface area contributed by atoms with Gasteiger partial charge < -0.3 is 24.6 Å². The van der Waals surface area contributed by atoms with Gasteiger partial charge in [-0.1, -0.05) is 6.07 Å². The number of ether oxygens (including phenoxy) is 3. The first kappa shape index (κ1) is 22.9. The first-order chi connectivity index (χ1) is 15.2. The molecule has 1 heterocycles. The third-order valence-electron chi connectivity index (χ3n) is 5.11. The van der Waals surface area contributed by atoms with Crippen molar-refractivity contribution in [1.29, 1.82) is 0 Å². The Kier molecular flexibility index (Phi) is 6.57. The molecule has 0 bridgehead atoms. The molecule has 0 saturated carbocycles. The summed E-state index contributed by atoms with van der Waals surface area (Å²) < 4.78 is 16.2. The van der Waals surface area contributed by atoms with Crippen LogP contribution in [0.5, 0.6) is 17.2 Å². The molecule has 0 saturated heterocycles. The summed E-state index contributed by atoms with van der Waals surface area (Å²) in [7, 11) is 3.11. The quantitative estimate of drug-likeness (QED) is 0.645. The van der Waals surface area contributed by atoms with E-state index >= 15 is 0 Å². The molecule has 0 radical (unpaired) electrons. The fraction of sp³-hybridized carbons (Fsp3) is 0.348. The molecule has 2 aromatic rings. The Balaban J connectivity index is 1.69. The zero-order valence-corrected chi connectivity index (χ0v) is 18.4. The number of benzene rings is 2. The minimum Gasteiger partial charge on any atom is -0.493 e. The molecule has 170 valence electrons. The number of nitrogens with one attached hydrogen (secondary N) is 1. The molecule has 0 atom stereocenters. The maximum atomic E-state index is 12.9. The van der Waals surface area contributed by atoms with E-state index in [1.165, 1.54) is 23.1 Å². The standard InChI is InChI=1S/C23H26N2O7/c1-23(2)22(29)25(16-12-15(21(27)28)6-8-17(16)32-23)13-20(26)24-10-9-14-5-7-18(30-3)19(11-14)31-4/h5-8,11-12H,9-10,13H2,1-4H3,(H,24,26)(H,27,28). The van der Waals surface area contributed by atoms with Crippen molar-refractivity contribution >= 4 is 23.5 Å². The van der Waals surface area contributed by atoms with Crippen molar-refractivity contribution in [2.24, 2.45) is 0 Å². The molecular weight excluding hydrogens is 416 g/mol. The molecule has 0 aliphatic carbocycles. The highest BCUT2D eigenvalue weighted by atomic mass is 16.5. The number of fused-ring (bicyclic) bond motifs is 1. The van der Waals surface area contributed by atoms with Gasteiger partial charge in [0.05, 0.1) is 25.5 Å². The molecular formula is C23H26N2O7. The number of amides is 2. The average molecular weight is 442 g/mol. The normalized spacial score (nSPS) is 14.2. The van der Waals surface area contributed by atoms with Crippen LogP contribution in [0, 0.1) is 0 Å². The van der Waals surface area contributed by atoms with E-state index in [9.17, 15) is 19.5 Å². The molecule has 0 unspecified atom stereocenters. The highest BCUT2D eigenvalue weighted by Crippen LogP contribution is 2.38. The van der Waals surface area contributed by atoms with Crippen molar-refractivity contribution in [3.05, 3.63) is 47.5 Å². The number of carboxylic acids is 1. The van der Waals surface area contributed by atoms with Gasteiger partial charge in [0.15, 0.2) is 17.1 Å². The number of hydrogen-bond donors (Lipinski definition) is 2. The highest BCUT2D eigenvalue weighted by Gasteiger charge is 2.41. The van der Waals surface area contributed by atoms with E-state index in [4.69, 9.17) is 14.2 Å². The first-order valence-electron chi connectivity index (χ1n) is 10.0. The summed E-state index contributed by atoms with van der Waals surface area (Å²) >= 11 is 0. The smallest absolute Gasteiger partial charge is 0.335 e. The van der Waals surface area contributed by atoms with Crippen molar-refractivity contribution in [2.45, 2.75) is 25.9 Å². The predicted molar refractivity (Wildman–Crippen MR) is 117 cm³/mol. The van der Waals surface area contributed by atoms with Gasteiger partial charge in [-0.2, -0.15) is 0 Å². The first-order valence-corrected chi connectivity index (χ1v) is 10.0. The Bertz CT molecular complexity index is 1050. The molecule has 1 aliphatic rings. The SMILES string of the molecule is COc1ccc(CCNC(=O)CN2C(=O)C(C)(C)Oc3ccc(C(=O)O)cc32)cc1OC. The second-order valence-corrected chi connectivity index (χ2v) is 7.78. The molecule has 0 spiro atoms. The topological polar surface area (TPSA) is 114 Å². The van der Waals surface area contributed by atoms with Gasteiger partial charge in [0.2, 0.25) is 5.91 Å².